The Morgan fingerprint density at radius 2 is 2.14 bits per heavy atom. The molecule has 2 nitrogen and oxygen atoms in total. The highest BCUT2D eigenvalue weighted by Gasteiger charge is 2.05. The van der Waals surface area contributed by atoms with E-state index in [1.807, 2.05) is 5.38 Å². The van der Waals surface area contributed by atoms with E-state index in [0.717, 1.165) is 35.9 Å². The third kappa shape index (κ3) is 4.72. The first-order chi connectivity index (χ1) is 10.1. The molecule has 0 amide bonds. The van der Waals surface area contributed by atoms with Crippen molar-refractivity contribution in [3.8, 4) is 5.75 Å². The van der Waals surface area contributed by atoms with Crippen LogP contribution in [0.15, 0.2) is 23.6 Å². The maximum Gasteiger partial charge on any atom is 0.119 e. The van der Waals surface area contributed by atoms with Gasteiger partial charge in [0.2, 0.25) is 0 Å². The molecule has 0 N–H and O–H groups in total. The van der Waals surface area contributed by atoms with Crippen molar-refractivity contribution in [2.24, 2.45) is 0 Å². The quantitative estimate of drug-likeness (QED) is 0.508. The van der Waals surface area contributed by atoms with E-state index >= 15 is 0 Å². The van der Waals surface area contributed by atoms with Crippen LogP contribution < -0.4 is 4.74 Å². The van der Waals surface area contributed by atoms with E-state index in [-0.39, 0.29) is 0 Å². The molecule has 0 radical (unpaired) electrons. The maximum atomic E-state index is 5.83. The molecule has 1 aromatic carbocycles. The van der Waals surface area contributed by atoms with Gasteiger partial charge in [-0.15, -0.1) is 22.9 Å². The molecule has 2 rings (SSSR count). The number of nitrogens with zero attached hydrogens (tertiary/aromatic N) is 1. The minimum Gasteiger partial charge on any atom is -0.494 e. The van der Waals surface area contributed by atoms with Gasteiger partial charge in [0, 0.05) is 11.8 Å². The summed E-state index contributed by atoms with van der Waals surface area (Å²) in [6.45, 7) is 7.29. The number of thiazole rings is 1. The predicted molar refractivity (Wildman–Crippen MR) is 90.8 cm³/mol. The van der Waals surface area contributed by atoms with Crippen LogP contribution in [-0.4, -0.2) is 11.6 Å². The highest BCUT2D eigenvalue weighted by molar-refractivity contribution is 7.09. The van der Waals surface area contributed by atoms with Crippen molar-refractivity contribution in [2.45, 2.75) is 45.4 Å². The van der Waals surface area contributed by atoms with E-state index < -0.39 is 0 Å². The largest absolute Gasteiger partial charge is 0.494 e. The molecule has 1 heterocycles. The average Bonchev–Trinajstić information content (AvgIpc) is 2.91. The van der Waals surface area contributed by atoms with Crippen LogP contribution in [0, 0.1) is 6.92 Å². The number of rotatable bonds is 7. The normalized spacial score (nSPS) is 11.1. The van der Waals surface area contributed by atoms with Crippen molar-refractivity contribution in [3.05, 3.63) is 45.4 Å². The Bertz CT molecular complexity index is 580. The third-order valence-corrected chi connectivity index (χ3v) is 4.63. The van der Waals surface area contributed by atoms with Gasteiger partial charge in [0.15, 0.2) is 0 Å². The van der Waals surface area contributed by atoms with Gasteiger partial charge in [0.25, 0.3) is 0 Å². The van der Waals surface area contributed by atoms with E-state index in [0.29, 0.717) is 11.8 Å². The second-order valence-corrected chi connectivity index (χ2v) is 6.70. The van der Waals surface area contributed by atoms with Crippen molar-refractivity contribution >= 4 is 22.9 Å². The van der Waals surface area contributed by atoms with Gasteiger partial charge in [-0.25, -0.2) is 4.98 Å². The molecule has 21 heavy (non-hydrogen) atoms. The number of halogens is 1. The summed E-state index contributed by atoms with van der Waals surface area (Å²) in [6.07, 6.45) is 1.92. The summed E-state index contributed by atoms with van der Waals surface area (Å²) in [4.78, 5) is 4.45. The van der Waals surface area contributed by atoms with E-state index in [2.05, 4.69) is 44.0 Å². The minimum absolute atomic E-state index is 0.495. The molecule has 4 heteroatoms. The van der Waals surface area contributed by atoms with Gasteiger partial charge in [-0.1, -0.05) is 19.9 Å². The van der Waals surface area contributed by atoms with Gasteiger partial charge >= 0.3 is 0 Å². The second kappa shape index (κ2) is 7.81. The van der Waals surface area contributed by atoms with Crippen LogP contribution >= 0.6 is 22.9 Å². The highest BCUT2D eigenvalue weighted by Crippen LogP contribution is 2.23. The van der Waals surface area contributed by atoms with Crippen molar-refractivity contribution in [3.63, 3.8) is 0 Å². The van der Waals surface area contributed by atoms with Crippen LogP contribution in [0.2, 0.25) is 0 Å². The van der Waals surface area contributed by atoms with E-state index in [1.165, 1.54) is 11.1 Å². The van der Waals surface area contributed by atoms with Crippen LogP contribution in [0.5, 0.6) is 5.75 Å². The number of hydrogen-bond donors (Lipinski definition) is 0. The molecule has 0 atom stereocenters. The lowest BCUT2D eigenvalue weighted by Gasteiger charge is -2.12. The maximum absolute atomic E-state index is 5.83. The molecule has 2 aromatic rings. The summed E-state index contributed by atoms with van der Waals surface area (Å²) in [5.41, 5.74) is 3.66. The lowest BCUT2D eigenvalue weighted by Crippen LogP contribution is -2.00. The number of ether oxygens (including phenoxy) is 1. The first kappa shape index (κ1) is 16.3. The Labute approximate surface area is 136 Å². The molecule has 0 aliphatic rings. The molecular weight excluding hydrogens is 302 g/mol. The Hall–Kier alpha value is -1.06. The van der Waals surface area contributed by atoms with Crippen LogP contribution in [0.4, 0.5) is 0 Å². The third-order valence-electron chi connectivity index (χ3n) is 3.40. The fourth-order valence-electron chi connectivity index (χ4n) is 2.32. The molecule has 0 spiro atoms. The lowest BCUT2D eigenvalue weighted by molar-refractivity contribution is 0.310. The predicted octanol–water partition coefficient (Wildman–Crippen LogP) is 5.33. The Morgan fingerprint density at radius 3 is 2.76 bits per heavy atom. The summed E-state index contributed by atoms with van der Waals surface area (Å²) < 4.78 is 5.83. The van der Waals surface area contributed by atoms with Gasteiger partial charge in [-0.05, 0) is 42.5 Å². The summed E-state index contributed by atoms with van der Waals surface area (Å²) >= 11 is 7.43. The molecule has 0 saturated carbocycles. The first-order valence-corrected chi connectivity index (χ1v) is 8.74. The van der Waals surface area contributed by atoms with Crippen molar-refractivity contribution in [2.75, 3.05) is 6.61 Å². The van der Waals surface area contributed by atoms with Gasteiger partial charge in [0.1, 0.15) is 5.75 Å². The zero-order valence-electron chi connectivity index (χ0n) is 12.9. The Balaban J connectivity index is 1.79. The van der Waals surface area contributed by atoms with Crippen LogP contribution in [-0.2, 0) is 12.3 Å². The zero-order valence-corrected chi connectivity index (χ0v) is 14.4. The van der Waals surface area contributed by atoms with E-state index in [1.54, 1.807) is 11.3 Å². The highest BCUT2D eigenvalue weighted by atomic mass is 35.5. The fourth-order valence-corrected chi connectivity index (χ4v) is 3.39. The summed E-state index contributed by atoms with van der Waals surface area (Å²) in [5.74, 6) is 2.01. The second-order valence-electron chi connectivity index (χ2n) is 5.49. The average molecular weight is 324 g/mol. The Kier molecular flexibility index (Phi) is 6.07. The number of alkyl halides is 1. The molecule has 0 saturated heterocycles. The van der Waals surface area contributed by atoms with Gasteiger partial charge in [-0.2, -0.15) is 0 Å². The van der Waals surface area contributed by atoms with Crippen LogP contribution in [0.3, 0.4) is 0 Å². The van der Waals surface area contributed by atoms with Gasteiger partial charge < -0.3 is 4.74 Å². The molecular formula is C17H22ClNOS. The van der Waals surface area contributed by atoms with Crippen molar-refractivity contribution < 1.29 is 4.74 Å². The van der Waals surface area contributed by atoms with Crippen LogP contribution in [0.1, 0.15) is 48.0 Å². The van der Waals surface area contributed by atoms with Crippen molar-refractivity contribution in [1.29, 1.82) is 0 Å². The van der Waals surface area contributed by atoms with E-state index in [4.69, 9.17) is 16.3 Å². The summed E-state index contributed by atoms with van der Waals surface area (Å²) in [6, 6.07) is 6.37. The van der Waals surface area contributed by atoms with Crippen molar-refractivity contribution in [1.82, 2.24) is 4.98 Å². The Morgan fingerprint density at radius 1 is 1.33 bits per heavy atom. The fraction of sp³-hybridized carbons (Fsp3) is 0.471. The molecule has 0 unspecified atom stereocenters. The zero-order chi connectivity index (χ0) is 15.2. The molecule has 0 fully saturated rings. The van der Waals surface area contributed by atoms with Gasteiger partial charge in [-0.3, -0.25) is 0 Å². The standard InChI is InChI=1S/C17H22ClNOS/c1-12(2)16-7-6-15(9-13(16)3)20-8-4-5-17-19-14(10-18)11-21-17/h6-7,9,11-12H,4-5,8,10H2,1-3H3. The number of aryl methyl sites for hydroxylation is 2. The topological polar surface area (TPSA) is 22.1 Å². The smallest absolute Gasteiger partial charge is 0.119 e. The van der Waals surface area contributed by atoms with Crippen LogP contribution in [0.25, 0.3) is 0 Å². The SMILES string of the molecule is Cc1cc(OCCCc2nc(CCl)cs2)ccc1C(C)C. The molecule has 1 aromatic heterocycles. The summed E-state index contributed by atoms with van der Waals surface area (Å²) in [5, 5.41) is 3.16. The minimum atomic E-state index is 0.495. The number of aromatic nitrogens is 1. The number of hydrogen-bond acceptors (Lipinski definition) is 3. The molecule has 0 aliphatic heterocycles. The molecule has 0 aliphatic carbocycles. The molecule has 0 bridgehead atoms. The molecule has 114 valence electrons. The first-order valence-electron chi connectivity index (χ1n) is 7.32. The monoisotopic (exact) mass is 323 g/mol. The van der Waals surface area contributed by atoms with E-state index in [9.17, 15) is 0 Å². The lowest BCUT2D eigenvalue weighted by atomic mass is 9.98. The van der Waals surface area contributed by atoms with Gasteiger partial charge in [0.05, 0.1) is 23.2 Å². The number of benzene rings is 1. The summed E-state index contributed by atoms with van der Waals surface area (Å²) in [7, 11) is 0.